The predicted octanol–water partition coefficient (Wildman–Crippen LogP) is 4.39. The van der Waals surface area contributed by atoms with Gasteiger partial charge in [0.25, 0.3) is 0 Å². The van der Waals surface area contributed by atoms with Crippen LogP contribution in [0.15, 0.2) is 42.7 Å². The van der Waals surface area contributed by atoms with Gasteiger partial charge in [0.15, 0.2) is 11.6 Å². The number of nitrogens with one attached hydrogen (secondary N) is 2. The van der Waals surface area contributed by atoms with Crippen molar-refractivity contribution in [1.82, 2.24) is 30.2 Å². The van der Waals surface area contributed by atoms with Gasteiger partial charge in [0.2, 0.25) is 5.91 Å². The molecule has 2 aliphatic rings. The van der Waals surface area contributed by atoms with Crippen molar-refractivity contribution in [3.05, 3.63) is 48.5 Å². The van der Waals surface area contributed by atoms with Crippen molar-refractivity contribution >= 4 is 39.2 Å². The predicted molar refractivity (Wildman–Crippen MR) is 136 cm³/mol. The lowest BCUT2D eigenvalue weighted by molar-refractivity contribution is -0.130. The van der Waals surface area contributed by atoms with Crippen LogP contribution in [0.3, 0.4) is 0 Å². The van der Waals surface area contributed by atoms with Gasteiger partial charge in [0, 0.05) is 43.1 Å². The summed E-state index contributed by atoms with van der Waals surface area (Å²) >= 11 is 1.40. The van der Waals surface area contributed by atoms with E-state index in [1.54, 1.807) is 29.2 Å². The molecule has 6 rings (SSSR count). The van der Waals surface area contributed by atoms with Gasteiger partial charge < -0.3 is 20.3 Å². The number of anilines is 1. The van der Waals surface area contributed by atoms with E-state index in [0.29, 0.717) is 22.6 Å². The lowest BCUT2D eigenvalue weighted by Gasteiger charge is -2.14. The maximum absolute atomic E-state index is 14.8. The summed E-state index contributed by atoms with van der Waals surface area (Å²) in [4.78, 5) is 31.4. The first-order chi connectivity index (χ1) is 18.0. The first-order valence-electron chi connectivity index (χ1n) is 12.1. The standard InChI is InChI=1S/C25H24FN7O3S/c26-17-11-16(29-25(35)28-15-3-4-15)5-6-20(17)36-21-7-8-27-18-12-22(37-24(18)21)19-13-33(31-30-19)14-23(34)32-9-1-2-10-32/h5-8,11-13,15H,1-4,9-10,14H2,(H2,28,29,35). The summed E-state index contributed by atoms with van der Waals surface area (Å²) in [5.41, 5.74) is 1.64. The number of amides is 3. The maximum Gasteiger partial charge on any atom is 0.319 e. The third kappa shape index (κ3) is 5.24. The second kappa shape index (κ2) is 9.77. The molecule has 3 aromatic heterocycles. The smallest absolute Gasteiger partial charge is 0.319 e. The van der Waals surface area contributed by atoms with E-state index in [2.05, 4.69) is 25.9 Å². The zero-order valence-electron chi connectivity index (χ0n) is 19.8. The molecular weight excluding hydrogens is 497 g/mol. The molecule has 1 saturated heterocycles. The van der Waals surface area contributed by atoms with Crippen LogP contribution in [0.2, 0.25) is 0 Å². The van der Waals surface area contributed by atoms with Crippen molar-refractivity contribution in [3.63, 3.8) is 0 Å². The number of hydrogen-bond acceptors (Lipinski definition) is 7. The van der Waals surface area contributed by atoms with Gasteiger partial charge in [-0.2, -0.15) is 0 Å². The molecule has 1 aliphatic carbocycles. The van der Waals surface area contributed by atoms with Crippen molar-refractivity contribution in [1.29, 1.82) is 0 Å². The van der Waals surface area contributed by atoms with Crippen molar-refractivity contribution in [2.75, 3.05) is 18.4 Å². The summed E-state index contributed by atoms with van der Waals surface area (Å²) in [6.07, 6.45) is 7.35. The summed E-state index contributed by atoms with van der Waals surface area (Å²) < 4.78 is 23.0. The molecule has 2 fully saturated rings. The number of urea groups is 1. The minimum Gasteiger partial charge on any atom is -0.453 e. The van der Waals surface area contributed by atoms with Crippen LogP contribution < -0.4 is 15.4 Å². The number of carbonyl (C=O) groups excluding carboxylic acids is 2. The number of rotatable bonds is 7. The summed E-state index contributed by atoms with van der Waals surface area (Å²) in [5.74, 6) is -0.0862. The van der Waals surface area contributed by atoms with Gasteiger partial charge in [0.05, 0.1) is 21.3 Å². The third-order valence-electron chi connectivity index (χ3n) is 6.25. The number of pyridine rings is 1. The molecule has 0 spiro atoms. The van der Waals surface area contributed by atoms with Gasteiger partial charge in [0.1, 0.15) is 18.0 Å². The number of thiophene rings is 1. The van der Waals surface area contributed by atoms with Crippen LogP contribution in [0, 0.1) is 5.82 Å². The normalized spacial score (nSPS) is 15.2. The second-order valence-corrected chi connectivity index (χ2v) is 10.2. The molecule has 12 heteroatoms. The Bertz CT molecular complexity index is 1480. The Morgan fingerprint density at radius 2 is 1.97 bits per heavy atom. The van der Waals surface area contributed by atoms with E-state index in [0.717, 1.165) is 48.3 Å². The topological polar surface area (TPSA) is 114 Å². The van der Waals surface area contributed by atoms with Gasteiger partial charge in [-0.1, -0.05) is 5.21 Å². The lowest BCUT2D eigenvalue weighted by Crippen LogP contribution is -2.31. The van der Waals surface area contributed by atoms with E-state index in [1.807, 2.05) is 11.0 Å². The number of benzene rings is 1. The van der Waals surface area contributed by atoms with Crippen molar-refractivity contribution < 1.29 is 18.7 Å². The summed E-state index contributed by atoms with van der Waals surface area (Å²) in [5, 5.41) is 13.8. The highest BCUT2D eigenvalue weighted by molar-refractivity contribution is 7.22. The Balaban J connectivity index is 1.17. The maximum atomic E-state index is 14.8. The fourth-order valence-electron chi connectivity index (χ4n) is 4.18. The molecule has 190 valence electrons. The number of nitrogens with zero attached hydrogens (tertiary/aromatic N) is 5. The number of aromatic nitrogens is 4. The second-order valence-electron chi connectivity index (χ2n) is 9.14. The Labute approximate surface area is 215 Å². The van der Waals surface area contributed by atoms with Gasteiger partial charge >= 0.3 is 6.03 Å². The molecule has 10 nitrogen and oxygen atoms in total. The Morgan fingerprint density at radius 3 is 2.76 bits per heavy atom. The summed E-state index contributed by atoms with van der Waals surface area (Å²) in [7, 11) is 0. The minimum atomic E-state index is -0.600. The van der Waals surface area contributed by atoms with Crippen LogP contribution >= 0.6 is 11.3 Å². The largest absolute Gasteiger partial charge is 0.453 e. The molecule has 4 aromatic rings. The zero-order chi connectivity index (χ0) is 25.4. The molecule has 2 N–H and O–H groups in total. The highest BCUT2D eigenvalue weighted by Gasteiger charge is 2.23. The molecule has 0 bridgehead atoms. The van der Waals surface area contributed by atoms with E-state index in [1.165, 1.54) is 23.5 Å². The Morgan fingerprint density at radius 1 is 1.14 bits per heavy atom. The fraction of sp³-hybridized carbons (Fsp3) is 0.320. The van der Waals surface area contributed by atoms with Crippen molar-refractivity contribution in [2.24, 2.45) is 0 Å². The number of fused-ring (bicyclic) bond motifs is 1. The van der Waals surface area contributed by atoms with Crippen LogP contribution in [0.4, 0.5) is 14.9 Å². The molecule has 1 aliphatic heterocycles. The molecule has 1 saturated carbocycles. The number of carbonyl (C=O) groups is 2. The first-order valence-corrected chi connectivity index (χ1v) is 13.0. The van der Waals surface area contributed by atoms with E-state index in [-0.39, 0.29) is 30.3 Å². The first kappa shape index (κ1) is 23.3. The van der Waals surface area contributed by atoms with Crippen LogP contribution in [-0.2, 0) is 11.3 Å². The van der Waals surface area contributed by atoms with Gasteiger partial charge in [-0.25, -0.2) is 13.9 Å². The summed E-state index contributed by atoms with van der Waals surface area (Å²) in [6.45, 7) is 1.73. The fourth-order valence-corrected chi connectivity index (χ4v) is 5.19. The van der Waals surface area contributed by atoms with E-state index in [4.69, 9.17) is 4.74 Å². The van der Waals surface area contributed by atoms with Crippen LogP contribution in [-0.4, -0.2) is 55.9 Å². The van der Waals surface area contributed by atoms with Crippen LogP contribution in [0.5, 0.6) is 11.5 Å². The number of likely N-dealkylation sites (tertiary alicyclic amines) is 1. The Hall–Kier alpha value is -4.06. The van der Waals surface area contributed by atoms with E-state index >= 15 is 0 Å². The monoisotopic (exact) mass is 521 g/mol. The molecule has 3 amide bonds. The average molecular weight is 522 g/mol. The molecule has 0 atom stereocenters. The molecular formula is C25H24FN7O3S. The average Bonchev–Trinajstić information content (AvgIpc) is 3.28. The molecule has 0 unspecified atom stereocenters. The van der Waals surface area contributed by atoms with E-state index < -0.39 is 5.82 Å². The Kier molecular flexibility index (Phi) is 6.16. The lowest BCUT2D eigenvalue weighted by atomic mass is 10.3. The van der Waals surface area contributed by atoms with Gasteiger partial charge in [-0.3, -0.25) is 9.78 Å². The van der Waals surface area contributed by atoms with Gasteiger partial charge in [-0.15, -0.1) is 16.4 Å². The quantitative estimate of drug-likeness (QED) is 0.373. The molecule has 4 heterocycles. The highest BCUT2D eigenvalue weighted by Crippen LogP contribution is 2.39. The van der Waals surface area contributed by atoms with Crippen LogP contribution in [0.25, 0.3) is 20.8 Å². The molecule has 37 heavy (non-hydrogen) atoms. The van der Waals surface area contributed by atoms with Gasteiger partial charge in [-0.05, 0) is 43.9 Å². The molecule has 0 radical (unpaired) electrons. The molecule has 1 aromatic carbocycles. The number of halogens is 1. The summed E-state index contributed by atoms with van der Waals surface area (Å²) in [6, 6.07) is 7.68. The van der Waals surface area contributed by atoms with Crippen molar-refractivity contribution in [3.8, 4) is 22.1 Å². The van der Waals surface area contributed by atoms with Crippen LogP contribution in [0.1, 0.15) is 25.7 Å². The van der Waals surface area contributed by atoms with E-state index in [9.17, 15) is 14.0 Å². The zero-order valence-corrected chi connectivity index (χ0v) is 20.6. The SMILES string of the molecule is O=C(Nc1ccc(Oc2ccnc3cc(-c4cn(CC(=O)N5CCCC5)nn4)sc23)c(F)c1)NC1CC1. The number of hydrogen-bond donors (Lipinski definition) is 2. The van der Waals surface area contributed by atoms with Crippen molar-refractivity contribution in [2.45, 2.75) is 38.3 Å². The third-order valence-corrected chi connectivity index (χ3v) is 7.41. The number of ether oxygens (including phenoxy) is 1. The minimum absolute atomic E-state index is 0.0296. The highest BCUT2D eigenvalue weighted by atomic mass is 32.1.